The first-order valence-corrected chi connectivity index (χ1v) is 5.76. The average Bonchev–Trinajstić information content (AvgIpc) is 2.70. The van der Waals surface area contributed by atoms with E-state index in [-0.39, 0.29) is 5.69 Å². The molecule has 0 radical (unpaired) electrons. The number of aromatic amines is 1. The number of rotatable bonds is 3. The predicted octanol–water partition coefficient (Wildman–Crippen LogP) is 1.01. The summed E-state index contributed by atoms with van der Waals surface area (Å²) in [5.74, 6) is 0. The van der Waals surface area contributed by atoms with Crippen LogP contribution in [0, 0.1) is 11.3 Å². The Bertz CT molecular complexity index is 624. The van der Waals surface area contributed by atoms with Gasteiger partial charge in [-0.3, -0.25) is 4.57 Å². The van der Waals surface area contributed by atoms with Crippen LogP contribution in [0.1, 0.15) is 12.6 Å². The third kappa shape index (κ3) is 2.21. The Morgan fingerprint density at radius 1 is 1.65 bits per heavy atom. The highest BCUT2D eigenvalue weighted by atomic mass is 32.2. The SMILES string of the molecule is CCn1c(Sc2cccnc2C#N)n[nH]c1=O. The van der Waals surface area contributed by atoms with Crippen molar-refractivity contribution in [1.82, 2.24) is 19.7 Å². The summed E-state index contributed by atoms with van der Waals surface area (Å²) in [6, 6.07) is 5.52. The van der Waals surface area contributed by atoms with Gasteiger partial charge in [0.05, 0.1) is 4.90 Å². The lowest BCUT2D eigenvalue weighted by atomic mass is 10.4. The second kappa shape index (κ2) is 4.84. The molecule has 0 spiro atoms. The largest absolute Gasteiger partial charge is 0.343 e. The van der Waals surface area contributed by atoms with Crippen molar-refractivity contribution in [3.05, 3.63) is 34.5 Å². The maximum Gasteiger partial charge on any atom is 0.343 e. The van der Waals surface area contributed by atoms with Gasteiger partial charge >= 0.3 is 5.69 Å². The molecule has 2 heterocycles. The number of pyridine rings is 1. The van der Waals surface area contributed by atoms with Crippen LogP contribution in [0.4, 0.5) is 0 Å². The van der Waals surface area contributed by atoms with Gasteiger partial charge in [-0.15, -0.1) is 5.10 Å². The second-order valence-electron chi connectivity index (χ2n) is 3.12. The maximum absolute atomic E-state index is 11.4. The first kappa shape index (κ1) is 11.4. The molecule has 86 valence electrons. The Balaban J connectivity index is 2.38. The van der Waals surface area contributed by atoms with Crippen molar-refractivity contribution < 1.29 is 0 Å². The van der Waals surface area contributed by atoms with Crippen LogP contribution in [0.15, 0.2) is 33.2 Å². The highest BCUT2D eigenvalue weighted by Gasteiger charge is 2.11. The van der Waals surface area contributed by atoms with Crippen molar-refractivity contribution in [2.45, 2.75) is 23.5 Å². The molecule has 0 aliphatic rings. The molecule has 0 saturated carbocycles. The van der Waals surface area contributed by atoms with Gasteiger partial charge in [-0.05, 0) is 30.8 Å². The molecule has 0 aliphatic heterocycles. The molecule has 0 aromatic carbocycles. The lowest BCUT2D eigenvalue weighted by molar-refractivity contribution is 0.660. The lowest BCUT2D eigenvalue weighted by Gasteiger charge is -2.02. The summed E-state index contributed by atoms with van der Waals surface area (Å²) in [4.78, 5) is 16.0. The number of hydrogen-bond acceptors (Lipinski definition) is 5. The fourth-order valence-electron chi connectivity index (χ4n) is 1.32. The minimum Gasteiger partial charge on any atom is -0.270 e. The maximum atomic E-state index is 11.4. The third-order valence-corrected chi connectivity index (χ3v) is 3.16. The molecular weight excluding hydrogens is 238 g/mol. The Labute approximate surface area is 101 Å². The highest BCUT2D eigenvalue weighted by Crippen LogP contribution is 2.26. The molecule has 0 saturated heterocycles. The monoisotopic (exact) mass is 247 g/mol. The predicted molar refractivity (Wildman–Crippen MR) is 61.6 cm³/mol. The minimum absolute atomic E-state index is 0.252. The zero-order valence-corrected chi connectivity index (χ0v) is 9.86. The van der Waals surface area contributed by atoms with Crippen LogP contribution in [0.5, 0.6) is 0 Å². The first-order chi connectivity index (χ1) is 8.26. The van der Waals surface area contributed by atoms with Crippen LogP contribution < -0.4 is 5.69 Å². The van der Waals surface area contributed by atoms with Crippen LogP contribution in [0.3, 0.4) is 0 Å². The van der Waals surface area contributed by atoms with E-state index >= 15 is 0 Å². The van der Waals surface area contributed by atoms with E-state index in [1.165, 1.54) is 16.3 Å². The summed E-state index contributed by atoms with van der Waals surface area (Å²) < 4.78 is 1.50. The highest BCUT2D eigenvalue weighted by molar-refractivity contribution is 7.99. The van der Waals surface area contributed by atoms with Gasteiger partial charge in [0.2, 0.25) is 0 Å². The number of nitriles is 1. The quantitative estimate of drug-likeness (QED) is 0.874. The Kier molecular flexibility index (Phi) is 3.25. The van der Waals surface area contributed by atoms with E-state index in [1.54, 1.807) is 18.3 Å². The normalized spacial score (nSPS) is 10.1. The lowest BCUT2D eigenvalue weighted by Crippen LogP contribution is -2.16. The number of nitrogens with one attached hydrogen (secondary N) is 1. The molecular formula is C10H9N5OS. The number of H-pyrrole nitrogens is 1. The zero-order valence-electron chi connectivity index (χ0n) is 9.04. The molecule has 0 atom stereocenters. The summed E-state index contributed by atoms with van der Waals surface area (Å²) in [6.07, 6.45) is 1.56. The molecule has 6 nitrogen and oxygen atoms in total. The molecule has 0 fully saturated rings. The van der Waals surface area contributed by atoms with Gasteiger partial charge in [0.15, 0.2) is 10.9 Å². The number of nitrogens with zero attached hydrogens (tertiary/aromatic N) is 4. The third-order valence-electron chi connectivity index (χ3n) is 2.12. The summed E-state index contributed by atoms with van der Waals surface area (Å²) in [6.45, 7) is 2.38. The molecule has 17 heavy (non-hydrogen) atoms. The van der Waals surface area contributed by atoms with Gasteiger partial charge in [0, 0.05) is 12.7 Å². The second-order valence-corrected chi connectivity index (χ2v) is 4.13. The van der Waals surface area contributed by atoms with Gasteiger partial charge in [0.1, 0.15) is 6.07 Å². The average molecular weight is 247 g/mol. The summed E-state index contributed by atoms with van der Waals surface area (Å²) in [5, 5.41) is 15.7. The smallest absolute Gasteiger partial charge is 0.270 e. The zero-order chi connectivity index (χ0) is 12.3. The van der Waals surface area contributed by atoms with E-state index in [0.717, 1.165) is 0 Å². The van der Waals surface area contributed by atoms with E-state index in [4.69, 9.17) is 5.26 Å². The summed E-state index contributed by atoms with van der Waals surface area (Å²) in [5.41, 5.74) is 0.0769. The number of hydrogen-bond donors (Lipinski definition) is 1. The van der Waals surface area contributed by atoms with Crippen LogP contribution in [-0.2, 0) is 6.54 Å². The Morgan fingerprint density at radius 2 is 2.47 bits per heavy atom. The van der Waals surface area contributed by atoms with Crippen molar-refractivity contribution in [3.8, 4) is 6.07 Å². The van der Waals surface area contributed by atoms with Crippen molar-refractivity contribution in [3.63, 3.8) is 0 Å². The molecule has 0 aliphatic carbocycles. The molecule has 0 bridgehead atoms. The van der Waals surface area contributed by atoms with Crippen molar-refractivity contribution in [2.75, 3.05) is 0 Å². The van der Waals surface area contributed by atoms with Gasteiger partial charge in [-0.1, -0.05) is 0 Å². The van der Waals surface area contributed by atoms with E-state index in [9.17, 15) is 4.79 Å². The summed E-state index contributed by atoms with van der Waals surface area (Å²) in [7, 11) is 0. The van der Waals surface area contributed by atoms with Crippen LogP contribution in [0.25, 0.3) is 0 Å². The van der Waals surface area contributed by atoms with Crippen molar-refractivity contribution in [2.24, 2.45) is 0 Å². The molecule has 0 unspecified atom stereocenters. The van der Waals surface area contributed by atoms with Crippen LogP contribution in [0.2, 0.25) is 0 Å². The molecule has 2 rings (SSSR count). The van der Waals surface area contributed by atoms with Crippen LogP contribution >= 0.6 is 11.8 Å². The molecule has 0 amide bonds. The molecule has 2 aromatic heterocycles. The van der Waals surface area contributed by atoms with Gasteiger partial charge in [-0.25, -0.2) is 14.9 Å². The van der Waals surface area contributed by atoms with Gasteiger partial charge in [0.25, 0.3) is 0 Å². The van der Waals surface area contributed by atoms with E-state index < -0.39 is 0 Å². The Morgan fingerprint density at radius 3 is 3.18 bits per heavy atom. The van der Waals surface area contributed by atoms with Gasteiger partial charge < -0.3 is 0 Å². The topological polar surface area (TPSA) is 87.4 Å². The molecule has 1 N–H and O–H groups in total. The number of aromatic nitrogens is 4. The molecule has 2 aromatic rings. The van der Waals surface area contributed by atoms with E-state index in [2.05, 4.69) is 15.2 Å². The van der Waals surface area contributed by atoms with E-state index in [1.807, 2.05) is 13.0 Å². The van der Waals surface area contributed by atoms with Crippen molar-refractivity contribution in [1.29, 1.82) is 5.26 Å². The first-order valence-electron chi connectivity index (χ1n) is 4.94. The van der Waals surface area contributed by atoms with E-state index in [0.29, 0.717) is 22.3 Å². The van der Waals surface area contributed by atoms with Crippen molar-refractivity contribution >= 4 is 11.8 Å². The fraction of sp³-hybridized carbons (Fsp3) is 0.200. The molecule has 7 heteroatoms. The standard InChI is InChI=1S/C10H9N5OS/c1-2-15-9(16)13-14-10(15)17-8-4-3-5-12-7(8)6-11/h3-5H,2H2,1H3,(H,13,16). The fourth-order valence-corrected chi connectivity index (χ4v) is 2.27. The van der Waals surface area contributed by atoms with Gasteiger partial charge in [-0.2, -0.15) is 5.26 Å². The minimum atomic E-state index is -0.252. The Hall–Kier alpha value is -2.07. The van der Waals surface area contributed by atoms with Crippen LogP contribution in [-0.4, -0.2) is 19.7 Å². The summed E-state index contributed by atoms with van der Waals surface area (Å²) >= 11 is 1.25.